The van der Waals surface area contributed by atoms with Crippen molar-refractivity contribution in [1.29, 1.82) is 0 Å². The molecule has 2 aliphatic rings. The Morgan fingerprint density at radius 3 is 2.54 bits per heavy atom. The predicted molar refractivity (Wildman–Crippen MR) is 186 cm³/mol. The highest BCUT2D eigenvalue weighted by Gasteiger charge is 2.33. The molecule has 0 saturated carbocycles. The van der Waals surface area contributed by atoms with Crippen LogP contribution in [-0.4, -0.2) is 82.3 Å². The second-order valence-corrected chi connectivity index (χ2v) is 13.0. The number of aliphatic hydroxyl groups is 1. The number of nitrogens with one attached hydrogen (secondary N) is 2. The van der Waals surface area contributed by atoms with Crippen molar-refractivity contribution in [3.63, 3.8) is 0 Å². The maximum atomic E-state index is 13.9. The maximum absolute atomic E-state index is 13.9. The Labute approximate surface area is 293 Å². The van der Waals surface area contributed by atoms with E-state index in [0.29, 0.717) is 24.2 Å². The smallest absolute Gasteiger partial charge is 0.405 e. The van der Waals surface area contributed by atoms with Crippen LogP contribution in [0.5, 0.6) is 0 Å². The molecule has 0 saturated heterocycles. The second-order valence-electron chi connectivity index (χ2n) is 13.0. The number of ether oxygens (including phenoxy) is 3. The van der Waals surface area contributed by atoms with Crippen molar-refractivity contribution < 1.29 is 38.5 Å². The third-order valence-corrected chi connectivity index (χ3v) is 8.51. The quantitative estimate of drug-likeness (QED) is 0.231. The number of hydrogen-bond donors (Lipinski definition) is 4. The molecule has 1 aliphatic carbocycles. The summed E-state index contributed by atoms with van der Waals surface area (Å²) in [5, 5.41) is 25.4. The summed E-state index contributed by atoms with van der Waals surface area (Å²) in [5.74, 6) is -2.30. The Kier molecular flexibility index (Phi) is 14.6. The monoisotopic (exact) mass is 694 g/mol. The van der Waals surface area contributed by atoms with Crippen LogP contribution in [0.1, 0.15) is 60.1 Å². The predicted octanol–water partition coefficient (Wildman–Crippen LogP) is 3.11. The zero-order valence-corrected chi connectivity index (χ0v) is 30.1. The SMILES string of the molecule is CO[C@H]1/C=C\C=C(/C)C(=O)NC2=CC(=O)C(NCc3cn(CC=C(C)C)nn3)=C(C[C@@H](C)C[C@H](OC)[C@H](O)[C@@H](C)/C=C(\C)[C@@H]1OC(N)=O)C2=O. The molecule has 3 rings (SSSR count). The Balaban J connectivity index is 2.02. The minimum Gasteiger partial charge on any atom is -0.439 e. The number of hydrogen-bond acceptors (Lipinski definition) is 11. The maximum Gasteiger partial charge on any atom is 0.405 e. The van der Waals surface area contributed by atoms with Gasteiger partial charge in [-0.3, -0.25) is 14.4 Å². The summed E-state index contributed by atoms with van der Waals surface area (Å²) in [6.45, 7) is 11.6. The van der Waals surface area contributed by atoms with Gasteiger partial charge in [-0.2, -0.15) is 0 Å². The fraction of sp³-hybridized carbons (Fsp3) is 0.500. The van der Waals surface area contributed by atoms with E-state index in [9.17, 15) is 24.3 Å². The van der Waals surface area contributed by atoms with Gasteiger partial charge in [-0.05, 0) is 52.0 Å². The van der Waals surface area contributed by atoms with Crippen LogP contribution in [0.25, 0.3) is 0 Å². The normalized spacial score (nSPS) is 28.4. The molecule has 0 fully saturated rings. The number of amides is 2. The molecule has 1 aromatic heterocycles. The summed E-state index contributed by atoms with van der Waals surface area (Å²) in [6.07, 6.45) is 7.35. The number of aromatic nitrogens is 3. The lowest BCUT2D eigenvalue weighted by molar-refractivity contribution is -0.120. The van der Waals surface area contributed by atoms with E-state index < -0.39 is 53.9 Å². The molecule has 2 heterocycles. The van der Waals surface area contributed by atoms with Crippen molar-refractivity contribution in [1.82, 2.24) is 25.6 Å². The van der Waals surface area contributed by atoms with E-state index in [1.165, 1.54) is 20.3 Å². The van der Waals surface area contributed by atoms with E-state index >= 15 is 0 Å². The molecule has 14 heteroatoms. The highest BCUT2D eigenvalue weighted by molar-refractivity contribution is 6.23. The van der Waals surface area contributed by atoms with Gasteiger partial charge in [0.1, 0.15) is 11.8 Å². The van der Waals surface area contributed by atoms with Gasteiger partial charge in [0.2, 0.25) is 11.6 Å². The third-order valence-electron chi connectivity index (χ3n) is 8.51. The first-order valence-corrected chi connectivity index (χ1v) is 16.5. The molecule has 0 unspecified atom stereocenters. The molecular formula is C36H50N6O8. The number of carbonyl (C=O) groups excluding carboxylic acids is 4. The minimum atomic E-state index is -1.01. The molecule has 1 aromatic rings. The highest BCUT2D eigenvalue weighted by atomic mass is 16.6. The average molecular weight is 695 g/mol. The fourth-order valence-corrected chi connectivity index (χ4v) is 5.74. The number of ketones is 2. The van der Waals surface area contributed by atoms with Crippen LogP contribution in [0.4, 0.5) is 4.79 Å². The molecule has 1 aliphatic heterocycles. The molecular weight excluding hydrogens is 644 g/mol. The van der Waals surface area contributed by atoms with E-state index in [-0.39, 0.29) is 41.4 Å². The van der Waals surface area contributed by atoms with Gasteiger partial charge in [-0.25, -0.2) is 9.48 Å². The van der Waals surface area contributed by atoms with Crippen LogP contribution < -0.4 is 16.4 Å². The molecule has 14 nitrogen and oxygen atoms in total. The number of fused-ring (bicyclic) bond motifs is 2. The lowest BCUT2D eigenvalue weighted by Crippen LogP contribution is -2.37. The Bertz CT molecular complexity index is 1610. The molecule has 0 aromatic carbocycles. The van der Waals surface area contributed by atoms with Gasteiger partial charge in [0.15, 0.2) is 6.10 Å². The van der Waals surface area contributed by atoms with Gasteiger partial charge in [-0.15, -0.1) is 5.10 Å². The number of nitrogens with two attached hydrogens (primary N) is 1. The highest BCUT2D eigenvalue weighted by Crippen LogP contribution is 2.29. The van der Waals surface area contributed by atoms with Gasteiger partial charge in [0, 0.05) is 37.4 Å². The van der Waals surface area contributed by atoms with Gasteiger partial charge in [-0.1, -0.05) is 55.0 Å². The van der Waals surface area contributed by atoms with E-state index in [0.717, 1.165) is 11.6 Å². The number of Topliss-reactive ketones (excluding diaryl/α,β-unsaturated/α-hetero) is 1. The number of methoxy groups -OCH3 is 2. The summed E-state index contributed by atoms with van der Waals surface area (Å²) in [5.41, 5.74) is 8.03. The number of carbonyl (C=O) groups is 4. The van der Waals surface area contributed by atoms with Crippen LogP contribution in [0.15, 0.2) is 76.3 Å². The summed E-state index contributed by atoms with van der Waals surface area (Å²) in [6, 6.07) is 0. The van der Waals surface area contributed by atoms with Crippen molar-refractivity contribution in [2.75, 3.05) is 14.2 Å². The first-order chi connectivity index (χ1) is 23.6. The number of nitrogens with zero attached hydrogens (tertiary/aromatic N) is 3. The molecule has 0 spiro atoms. The van der Waals surface area contributed by atoms with Gasteiger partial charge >= 0.3 is 6.09 Å². The van der Waals surface area contributed by atoms with Crippen molar-refractivity contribution >= 4 is 23.6 Å². The minimum absolute atomic E-state index is 0.104. The molecule has 2 bridgehead atoms. The van der Waals surface area contributed by atoms with Gasteiger partial charge in [0.25, 0.3) is 5.91 Å². The standard InChI is InChI=1S/C36H50N6O8/c1-20(2)12-13-42-19-25(40-41-42)18-38-31-26-14-21(3)15-30(49-8)32(44)23(5)16-24(6)34(50-36(37)47)29(48-7)11-9-10-22(4)35(46)39-27(33(26)45)17-28(31)43/h9-12,16-17,19,21,23,29-30,32,34,38,44H,13-15,18H2,1-8H3,(H2,37,47)(H,39,46)/b11-9-,22-10+,24-16+/t21-,23+,29+,30+,32-,34+/m1/s1. The average Bonchev–Trinajstić information content (AvgIpc) is 3.52. The first-order valence-electron chi connectivity index (χ1n) is 16.5. The van der Waals surface area contributed by atoms with Gasteiger partial charge < -0.3 is 35.7 Å². The third kappa shape index (κ3) is 10.9. The molecule has 6 atom stereocenters. The fourth-order valence-electron chi connectivity index (χ4n) is 5.74. The molecule has 0 radical (unpaired) electrons. The second kappa shape index (κ2) is 18.4. The van der Waals surface area contributed by atoms with Crippen molar-refractivity contribution in [2.45, 2.75) is 91.9 Å². The zero-order valence-electron chi connectivity index (χ0n) is 30.1. The zero-order chi connectivity index (χ0) is 37.1. The molecule has 2 amide bonds. The summed E-state index contributed by atoms with van der Waals surface area (Å²) < 4.78 is 18.4. The topological polar surface area (TPSA) is 197 Å². The lowest BCUT2D eigenvalue weighted by Gasteiger charge is -2.30. The Morgan fingerprint density at radius 2 is 1.90 bits per heavy atom. The molecule has 272 valence electrons. The van der Waals surface area contributed by atoms with E-state index in [2.05, 4.69) is 20.9 Å². The Morgan fingerprint density at radius 1 is 1.18 bits per heavy atom. The van der Waals surface area contributed by atoms with Crippen LogP contribution in [0, 0.1) is 11.8 Å². The Hall–Kier alpha value is -4.66. The largest absolute Gasteiger partial charge is 0.439 e. The lowest BCUT2D eigenvalue weighted by atomic mass is 9.85. The summed E-state index contributed by atoms with van der Waals surface area (Å²) >= 11 is 0. The van der Waals surface area contributed by atoms with Crippen molar-refractivity contribution in [3.8, 4) is 0 Å². The number of allylic oxidation sites excluding steroid dienone is 6. The molecule has 50 heavy (non-hydrogen) atoms. The van der Waals surface area contributed by atoms with E-state index in [4.69, 9.17) is 19.9 Å². The number of rotatable bonds is 8. The molecule has 5 N–H and O–H groups in total. The van der Waals surface area contributed by atoms with Crippen LogP contribution >= 0.6 is 0 Å². The summed E-state index contributed by atoms with van der Waals surface area (Å²) in [7, 11) is 2.92. The van der Waals surface area contributed by atoms with Crippen LogP contribution in [0.2, 0.25) is 0 Å². The number of aliphatic hydroxyl groups excluding tert-OH is 1. The van der Waals surface area contributed by atoms with E-state index in [1.54, 1.807) is 49.9 Å². The van der Waals surface area contributed by atoms with Crippen LogP contribution in [0.3, 0.4) is 0 Å². The van der Waals surface area contributed by atoms with E-state index in [1.807, 2.05) is 26.8 Å². The van der Waals surface area contributed by atoms with Crippen molar-refractivity contribution in [3.05, 3.63) is 82.0 Å². The van der Waals surface area contributed by atoms with Crippen LogP contribution in [-0.2, 0) is 41.7 Å². The van der Waals surface area contributed by atoms with Gasteiger partial charge in [0.05, 0.1) is 42.9 Å². The first kappa shape index (κ1) is 39.8. The summed E-state index contributed by atoms with van der Waals surface area (Å²) in [4.78, 5) is 52.5. The number of primary amides is 1. The van der Waals surface area contributed by atoms with Crippen molar-refractivity contribution in [2.24, 2.45) is 17.6 Å².